The number of aromatic nitrogens is 21. The molecule has 16 aromatic rings. The van der Waals surface area contributed by atoms with Crippen molar-refractivity contribution in [2.24, 2.45) is 7.05 Å². The number of anilines is 4. The van der Waals surface area contributed by atoms with Crippen LogP contribution in [0.1, 0.15) is 48.2 Å². The fraction of sp³-hybridized carbons (Fsp3) is 0.157. The number of halogens is 8. The van der Waals surface area contributed by atoms with Gasteiger partial charge in [-0.05, 0) is 103 Å². The zero-order chi connectivity index (χ0) is 72.9. The Hall–Kier alpha value is -13.6. The quantitative estimate of drug-likeness (QED) is 0.0310. The van der Waals surface area contributed by atoms with E-state index in [1.54, 1.807) is 134 Å². The third-order valence-electron chi connectivity index (χ3n) is 15.9. The second kappa shape index (κ2) is 31.9. The molecule has 35 heteroatoms. The molecule has 0 aliphatic carbocycles. The van der Waals surface area contributed by atoms with Crippen LogP contribution in [0.3, 0.4) is 0 Å². The van der Waals surface area contributed by atoms with Crippen molar-refractivity contribution >= 4 is 45.9 Å². The number of aryl methyl sites for hydroxylation is 1. The van der Waals surface area contributed by atoms with Crippen molar-refractivity contribution in [1.82, 2.24) is 104 Å². The molecule has 3 aromatic carbocycles. The molecule has 7 N–H and O–H groups in total. The highest BCUT2D eigenvalue weighted by Gasteiger charge is 2.19. The number of ether oxygens (including phenoxy) is 2. The molecule has 2 atom stereocenters. The number of H-pyrrole nitrogens is 3. The summed E-state index contributed by atoms with van der Waals surface area (Å²) in [6, 6.07) is 23.9. The summed E-state index contributed by atoms with van der Waals surface area (Å²) >= 11 is 0. The molecule has 0 aliphatic heterocycles. The first-order chi connectivity index (χ1) is 51.0. The normalized spacial score (nSPS) is 11.8. The van der Waals surface area contributed by atoms with E-state index in [0.29, 0.717) is 57.6 Å². The van der Waals surface area contributed by atoms with E-state index >= 15 is 0 Å². The van der Waals surface area contributed by atoms with Crippen LogP contribution in [0, 0.1) is 23.3 Å². The molecule has 0 saturated carbocycles. The number of imidazole rings is 1. The molecule has 0 radical (unpaired) electrons. The van der Waals surface area contributed by atoms with E-state index in [0.717, 1.165) is 73.8 Å². The molecular weight excluding hydrogens is 1370 g/mol. The second-order valence-corrected chi connectivity index (χ2v) is 23.3. The molecule has 16 rings (SSSR count). The van der Waals surface area contributed by atoms with Crippen molar-refractivity contribution < 1.29 is 44.6 Å². The van der Waals surface area contributed by atoms with Gasteiger partial charge in [0.15, 0.2) is 34.2 Å². The number of pyridine rings is 1. The topological polar surface area (TPSA) is 304 Å². The summed E-state index contributed by atoms with van der Waals surface area (Å²) in [5.74, 6) is -0.120. The van der Waals surface area contributed by atoms with Gasteiger partial charge in [0.25, 0.3) is 12.9 Å². The third kappa shape index (κ3) is 17.2. The predicted molar refractivity (Wildman–Crippen MR) is 372 cm³/mol. The number of hydrogen-bond donors (Lipinski definition) is 7. The summed E-state index contributed by atoms with van der Waals surface area (Å²) in [7, 11) is 1.84. The van der Waals surface area contributed by atoms with E-state index in [2.05, 4.69) is 102 Å². The lowest BCUT2D eigenvalue weighted by atomic mass is 10.1. The van der Waals surface area contributed by atoms with Gasteiger partial charge in [0.05, 0.1) is 67.4 Å². The summed E-state index contributed by atoms with van der Waals surface area (Å²) in [4.78, 5) is 22.1. The summed E-state index contributed by atoms with van der Waals surface area (Å²) < 4.78 is 122. The van der Waals surface area contributed by atoms with Crippen LogP contribution < -0.4 is 30.7 Å². The largest absolute Gasteiger partial charge is 0.488 e. The molecule has 0 aliphatic rings. The minimum atomic E-state index is -2.66. The number of benzene rings is 3. The molecule has 0 spiro atoms. The lowest BCUT2D eigenvalue weighted by molar-refractivity contribution is 0.0798. The lowest BCUT2D eigenvalue weighted by Gasteiger charge is -2.16. The van der Waals surface area contributed by atoms with Gasteiger partial charge in [0, 0.05) is 133 Å². The van der Waals surface area contributed by atoms with Crippen LogP contribution in [0.5, 0.6) is 11.5 Å². The van der Waals surface area contributed by atoms with Crippen LogP contribution in [-0.4, -0.2) is 130 Å². The number of nitrogens with one attached hydrogen (secondary N) is 7. The average Bonchev–Trinajstić information content (AvgIpc) is 1.68. The Morgan fingerprint density at radius 1 is 0.495 bits per heavy atom. The molecule has 534 valence electrons. The minimum absolute atomic E-state index is 0.0513. The van der Waals surface area contributed by atoms with E-state index < -0.39 is 49.3 Å². The molecule has 13 heterocycles. The monoisotopic (exact) mass is 1440 g/mol. The van der Waals surface area contributed by atoms with Crippen molar-refractivity contribution in [2.45, 2.75) is 51.9 Å². The molecule has 0 amide bonds. The first kappa shape index (κ1) is 69.8. The number of alkyl halides is 4. The van der Waals surface area contributed by atoms with Gasteiger partial charge in [-0.2, -0.15) is 35.7 Å². The summed E-state index contributed by atoms with van der Waals surface area (Å²) in [6.45, 7) is 2.90. The van der Waals surface area contributed by atoms with Crippen LogP contribution in [0.2, 0.25) is 0 Å². The maximum atomic E-state index is 14.1. The van der Waals surface area contributed by atoms with E-state index in [1.807, 2.05) is 63.8 Å². The fourth-order valence-electron chi connectivity index (χ4n) is 10.7. The van der Waals surface area contributed by atoms with Crippen molar-refractivity contribution in [3.63, 3.8) is 0 Å². The number of rotatable bonds is 22. The number of fused-ring (bicyclic) bond motifs is 4. The molecule has 0 bridgehead atoms. The average molecular weight is 1440 g/mol. The Morgan fingerprint density at radius 2 is 1.07 bits per heavy atom. The van der Waals surface area contributed by atoms with E-state index in [1.165, 1.54) is 36.4 Å². The Balaban J connectivity index is 0.000000125. The summed E-state index contributed by atoms with van der Waals surface area (Å²) in [5.41, 5.74) is 12.4. The maximum Gasteiger partial charge on any atom is 0.272 e. The van der Waals surface area contributed by atoms with Crippen LogP contribution >= 0.6 is 0 Å². The Kier molecular flexibility index (Phi) is 21.2. The smallest absolute Gasteiger partial charge is 0.272 e. The summed E-state index contributed by atoms with van der Waals surface area (Å²) in [5, 5.41) is 54.4. The highest BCUT2D eigenvalue weighted by molar-refractivity contribution is 5.79. The van der Waals surface area contributed by atoms with Crippen molar-refractivity contribution in [2.75, 3.05) is 34.5 Å². The highest BCUT2D eigenvalue weighted by Crippen LogP contribution is 2.31. The van der Waals surface area contributed by atoms with Gasteiger partial charge in [-0.1, -0.05) is 12.1 Å². The Morgan fingerprint density at radius 3 is 1.62 bits per heavy atom. The van der Waals surface area contributed by atoms with Gasteiger partial charge in [-0.3, -0.25) is 25.0 Å². The second-order valence-electron chi connectivity index (χ2n) is 23.3. The SMILES string of the molecule is CC(Nc1ccn2ncc(-c3cn[nH]c3)c2n1)c1cc(F)cc(OCC(F)F)c1.CC(Nc1ccn2ncc(-c3cn[nH]c3)c2n1)c1ccc(OCC(F)F)c(F)c1.Cn1cc(-c2cnc3ccc(NCc4ccc(F)cc4F)nn23)cn1.c1cc(CNc2ccn3ncc(-c4cn[nH]c4)c3n2)ccn1. The van der Waals surface area contributed by atoms with Crippen molar-refractivity contribution in [3.8, 4) is 56.1 Å². The van der Waals surface area contributed by atoms with Gasteiger partial charge in [0.2, 0.25) is 0 Å². The van der Waals surface area contributed by atoms with Gasteiger partial charge >= 0.3 is 0 Å². The Labute approximate surface area is 589 Å². The van der Waals surface area contributed by atoms with E-state index in [-0.39, 0.29) is 30.1 Å². The maximum absolute atomic E-state index is 14.1. The standard InChI is InChI=1S/2C19H17F3N6O.C17H14F2N6.C15H13N7/c1-11(12-4-14(20)6-15(5-12)29-10-17(21)22)26-18-2-3-28-19(27-18)16(9-25-28)13-7-23-24-8-13;1-11(12-2-3-16(15(20)6-12)29-10-17(21)22)26-18-4-5-28-19(27-18)14(9-25-28)13-7-23-24-8-13;1-24-10-12(8-22-24)15-9-21-17-5-4-16(23-25(15)17)20-7-11-2-3-13(18)6-14(11)19;1-4-16-5-2-11(1)7-17-14-3-6-22-15(21-14)13(10-20-22)12-8-18-19-9-12/h2*2-9,11,17H,10H2,1H3,(H,23,24)(H,26,27);2-6,8-10H,7H2,1H3,(H,20,23);1-6,8-10H,7H2,(H,17,21)(H,18,19). The molecule has 27 nitrogen and oxygen atoms in total. The van der Waals surface area contributed by atoms with Crippen LogP contribution in [-0.2, 0) is 20.1 Å². The molecule has 0 fully saturated rings. The fourth-order valence-corrected chi connectivity index (χ4v) is 10.7. The van der Waals surface area contributed by atoms with Gasteiger partial charge < -0.3 is 30.7 Å². The number of hydrogen-bond acceptors (Lipinski definition) is 19. The van der Waals surface area contributed by atoms with Gasteiger partial charge in [-0.15, -0.1) is 5.10 Å². The molecule has 105 heavy (non-hydrogen) atoms. The van der Waals surface area contributed by atoms with Crippen LogP contribution in [0.25, 0.3) is 67.2 Å². The molecule has 2 unspecified atom stereocenters. The van der Waals surface area contributed by atoms with Crippen LogP contribution in [0.4, 0.5) is 58.4 Å². The zero-order valence-corrected chi connectivity index (χ0v) is 55.6. The van der Waals surface area contributed by atoms with Crippen LogP contribution in [0.15, 0.2) is 202 Å². The van der Waals surface area contributed by atoms with E-state index in [9.17, 15) is 35.1 Å². The van der Waals surface area contributed by atoms with E-state index in [4.69, 9.17) is 9.47 Å². The van der Waals surface area contributed by atoms with Crippen molar-refractivity contribution in [3.05, 3.63) is 248 Å². The van der Waals surface area contributed by atoms with Gasteiger partial charge in [-0.25, -0.2) is 73.1 Å². The zero-order valence-electron chi connectivity index (χ0n) is 55.6. The van der Waals surface area contributed by atoms with Crippen molar-refractivity contribution in [1.29, 1.82) is 0 Å². The minimum Gasteiger partial charge on any atom is -0.488 e. The number of nitrogens with zero attached hydrogens (tertiary/aromatic N) is 18. The molecular formula is C70H61F8N25O2. The summed E-state index contributed by atoms with van der Waals surface area (Å²) in [6.07, 6.45) is 24.6. The predicted octanol–water partition coefficient (Wildman–Crippen LogP) is 13.3. The molecule has 0 saturated heterocycles. The molecule has 13 aromatic heterocycles. The van der Waals surface area contributed by atoms with Gasteiger partial charge in [0.1, 0.15) is 59.7 Å². The Bertz CT molecular complexity index is 5520. The lowest BCUT2D eigenvalue weighted by Crippen LogP contribution is -2.11. The highest BCUT2D eigenvalue weighted by atomic mass is 19.3. The first-order valence-electron chi connectivity index (χ1n) is 32.1. The number of aromatic amines is 3. The first-order valence-corrected chi connectivity index (χ1v) is 32.1. The third-order valence-corrected chi connectivity index (χ3v) is 15.9.